The van der Waals surface area contributed by atoms with Crippen molar-refractivity contribution >= 4 is 23.5 Å². The van der Waals surface area contributed by atoms with E-state index < -0.39 is 23.4 Å². The number of anilines is 1. The van der Waals surface area contributed by atoms with Crippen molar-refractivity contribution in [1.29, 1.82) is 0 Å². The monoisotopic (exact) mass is 419 g/mol. The maximum Gasteiger partial charge on any atom is 0.358 e. The van der Waals surface area contributed by atoms with Crippen molar-refractivity contribution in [3.05, 3.63) is 77.6 Å². The third-order valence-corrected chi connectivity index (χ3v) is 5.03. The first kappa shape index (κ1) is 20.3. The van der Waals surface area contributed by atoms with E-state index in [0.717, 1.165) is 5.56 Å². The Morgan fingerprint density at radius 3 is 2.65 bits per heavy atom. The van der Waals surface area contributed by atoms with Gasteiger partial charge in [-0.25, -0.2) is 14.3 Å². The smallest absolute Gasteiger partial charge is 0.358 e. The van der Waals surface area contributed by atoms with Gasteiger partial charge >= 0.3 is 11.9 Å². The summed E-state index contributed by atoms with van der Waals surface area (Å²) in [7, 11) is 0. The second kappa shape index (κ2) is 8.06. The molecule has 0 fully saturated rings. The highest BCUT2D eigenvalue weighted by atomic mass is 16.6. The number of ether oxygens (including phenoxy) is 2. The minimum atomic E-state index is -1.30. The van der Waals surface area contributed by atoms with E-state index in [2.05, 4.69) is 10.4 Å². The van der Waals surface area contributed by atoms with Crippen molar-refractivity contribution in [3.63, 3.8) is 0 Å². The van der Waals surface area contributed by atoms with Gasteiger partial charge in [-0.3, -0.25) is 4.79 Å². The standard InChI is InChI=1S/C23H21N3O5/c1-3-30-21(28)19-12-13-26(25-19)17-10-8-16(9-11-17)24-22(29)23(2)14-15-6-4-5-7-18(15)20(27)31-23/h4-13H,3,14H2,1-2H3,(H,24,29). The van der Waals surface area contributed by atoms with Crippen molar-refractivity contribution < 1.29 is 23.9 Å². The SMILES string of the molecule is CCOC(=O)c1ccn(-c2ccc(NC(=O)C3(C)Cc4ccccc4C(=O)O3)cc2)n1. The molecule has 1 aliphatic heterocycles. The third kappa shape index (κ3) is 4.05. The predicted octanol–water partition coefficient (Wildman–Crippen LogP) is 3.16. The van der Waals surface area contributed by atoms with Crippen LogP contribution in [0.5, 0.6) is 0 Å². The van der Waals surface area contributed by atoms with E-state index in [9.17, 15) is 14.4 Å². The van der Waals surface area contributed by atoms with Gasteiger partial charge in [-0.1, -0.05) is 18.2 Å². The molecule has 0 saturated carbocycles. The Labute approximate surface area is 178 Å². The number of benzene rings is 2. The molecule has 1 atom stereocenters. The second-order valence-corrected chi connectivity index (χ2v) is 7.32. The number of hydrogen-bond acceptors (Lipinski definition) is 6. The molecule has 8 heteroatoms. The molecule has 1 aromatic heterocycles. The summed E-state index contributed by atoms with van der Waals surface area (Å²) in [6.07, 6.45) is 1.95. The highest BCUT2D eigenvalue weighted by Crippen LogP contribution is 2.29. The molecular weight excluding hydrogens is 398 g/mol. The number of cyclic esters (lactones) is 1. The van der Waals surface area contributed by atoms with Gasteiger partial charge in [0.15, 0.2) is 11.3 Å². The first-order valence-corrected chi connectivity index (χ1v) is 9.85. The van der Waals surface area contributed by atoms with Crippen LogP contribution in [-0.4, -0.2) is 39.8 Å². The van der Waals surface area contributed by atoms with E-state index in [4.69, 9.17) is 9.47 Å². The quantitative estimate of drug-likeness (QED) is 0.638. The topological polar surface area (TPSA) is 99.5 Å². The molecule has 3 aromatic rings. The van der Waals surface area contributed by atoms with Crippen LogP contribution in [0.15, 0.2) is 60.8 Å². The summed E-state index contributed by atoms with van der Waals surface area (Å²) in [5.41, 5.74) is 1.43. The number of nitrogens with zero attached hydrogens (tertiary/aromatic N) is 2. The van der Waals surface area contributed by atoms with Gasteiger partial charge in [-0.15, -0.1) is 0 Å². The molecule has 0 aliphatic carbocycles. The van der Waals surface area contributed by atoms with Gasteiger partial charge < -0.3 is 14.8 Å². The van der Waals surface area contributed by atoms with Crippen molar-refractivity contribution in [2.75, 3.05) is 11.9 Å². The van der Waals surface area contributed by atoms with E-state index >= 15 is 0 Å². The van der Waals surface area contributed by atoms with Gasteiger partial charge in [0, 0.05) is 18.3 Å². The molecule has 1 aliphatic rings. The molecule has 1 unspecified atom stereocenters. The Kier molecular flexibility index (Phi) is 5.29. The Hall–Kier alpha value is -3.94. The Balaban J connectivity index is 1.46. The highest BCUT2D eigenvalue weighted by Gasteiger charge is 2.42. The molecule has 4 rings (SSSR count). The normalized spacial score (nSPS) is 17.4. The van der Waals surface area contributed by atoms with Crippen LogP contribution in [0.1, 0.15) is 40.3 Å². The molecular formula is C23H21N3O5. The van der Waals surface area contributed by atoms with Crippen LogP contribution in [0.4, 0.5) is 5.69 Å². The van der Waals surface area contributed by atoms with Gasteiger partial charge in [-0.2, -0.15) is 5.10 Å². The van der Waals surface area contributed by atoms with Crippen LogP contribution in [-0.2, 0) is 20.7 Å². The van der Waals surface area contributed by atoms with Crippen molar-refractivity contribution in [2.45, 2.75) is 25.9 Å². The number of aromatic nitrogens is 2. The molecule has 2 aromatic carbocycles. The molecule has 1 N–H and O–H groups in total. The number of carbonyl (C=O) groups is 3. The molecule has 0 spiro atoms. The Morgan fingerprint density at radius 1 is 1.16 bits per heavy atom. The summed E-state index contributed by atoms with van der Waals surface area (Å²) in [5.74, 6) is -1.40. The number of esters is 2. The Bertz CT molecular complexity index is 1150. The van der Waals surface area contributed by atoms with Crippen molar-refractivity contribution in [1.82, 2.24) is 9.78 Å². The van der Waals surface area contributed by atoms with E-state index in [1.165, 1.54) is 0 Å². The molecule has 0 bridgehead atoms. The predicted molar refractivity (Wildman–Crippen MR) is 112 cm³/mol. The van der Waals surface area contributed by atoms with Crippen LogP contribution in [0, 0.1) is 0 Å². The van der Waals surface area contributed by atoms with Gasteiger partial charge in [0.05, 0.1) is 17.9 Å². The second-order valence-electron chi connectivity index (χ2n) is 7.32. The summed E-state index contributed by atoms with van der Waals surface area (Å²) in [6.45, 7) is 3.61. The zero-order chi connectivity index (χ0) is 22.0. The largest absolute Gasteiger partial charge is 0.461 e. The lowest BCUT2D eigenvalue weighted by atomic mass is 9.89. The number of amides is 1. The lowest BCUT2D eigenvalue weighted by Gasteiger charge is -2.33. The summed E-state index contributed by atoms with van der Waals surface area (Å²) in [5, 5.41) is 7.00. The highest BCUT2D eigenvalue weighted by molar-refractivity contribution is 6.02. The van der Waals surface area contributed by atoms with Crippen molar-refractivity contribution in [3.8, 4) is 5.69 Å². The van der Waals surface area contributed by atoms with Gasteiger partial charge in [0.25, 0.3) is 5.91 Å². The molecule has 8 nitrogen and oxygen atoms in total. The van der Waals surface area contributed by atoms with E-state index in [0.29, 0.717) is 23.4 Å². The average molecular weight is 419 g/mol. The zero-order valence-electron chi connectivity index (χ0n) is 17.1. The summed E-state index contributed by atoms with van der Waals surface area (Å²) >= 11 is 0. The van der Waals surface area contributed by atoms with Gasteiger partial charge in [0.2, 0.25) is 0 Å². The number of nitrogens with one attached hydrogen (secondary N) is 1. The third-order valence-electron chi connectivity index (χ3n) is 5.03. The number of fused-ring (bicyclic) bond motifs is 1. The minimum absolute atomic E-state index is 0.214. The first-order chi connectivity index (χ1) is 14.9. The fraction of sp³-hybridized carbons (Fsp3) is 0.217. The zero-order valence-corrected chi connectivity index (χ0v) is 17.1. The van der Waals surface area contributed by atoms with Crippen molar-refractivity contribution in [2.24, 2.45) is 0 Å². The molecule has 2 heterocycles. The maximum absolute atomic E-state index is 12.9. The van der Waals surface area contributed by atoms with Crippen LogP contribution >= 0.6 is 0 Å². The van der Waals surface area contributed by atoms with Crippen LogP contribution in [0.3, 0.4) is 0 Å². The van der Waals surface area contributed by atoms with Gasteiger partial charge in [-0.05, 0) is 55.8 Å². The van der Waals surface area contributed by atoms with Crippen LogP contribution in [0.25, 0.3) is 5.69 Å². The summed E-state index contributed by atoms with van der Waals surface area (Å²) < 4.78 is 11.9. The van der Waals surface area contributed by atoms with Gasteiger partial charge in [0.1, 0.15) is 0 Å². The fourth-order valence-electron chi connectivity index (χ4n) is 3.40. The maximum atomic E-state index is 12.9. The van der Waals surface area contributed by atoms with Crippen LogP contribution < -0.4 is 5.32 Å². The fourth-order valence-corrected chi connectivity index (χ4v) is 3.40. The molecule has 31 heavy (non-hydrogen) atoms. The Morgan fingerprint density at radius 2 is 1.90 bits per heavy atom. The van der Waals surface area contributed by atoms with E-state index in [1.807, 2.05) is 12.1 Å². The lowest BCUT2D eigenvalue weighted by Crippen LogP contribution is -2.48. The van der Waals surface area contributed by atoms with E-state index in [1.54, 1.807) is 67.2 Å². The molecule has 0 radical (unpaired) electrons. The average Bonchev–Trinajstić information content (AvgIpc) is 3.25. The number of carbonyl (C=O) groups excluding carboxylic acids is 3. The summed E-state index contributed by atoms with van der Waals surface area (Å²) in [6, 6.07) is 15.6. The summed E-state index contributed by atoms with van der Waals surface area (Å²) in [4.78, 5) is 37.0. The molecule has 1 amide bonds. The van der Waals surface area contributed by atoms with Crippen LogP contribution in [0.2, 0.25) is 0 Å². The molecule has 0 saturated heterocycles. The first-order valence-electron chi connectivity index (χ1n) is 9.85. The minimum Gasteiger partial charge on any atom is -0.461 e. The van der Waals surface area contributed by atoms with E-state index in [-0.39, 0.29) is 12.3 Å². The number of rotatable bonds is 5. The number of hydrogen-bond donors (Lipinski definition) is 1. The molecule has 158 valence electrons. The lowest BCUT2D eigenvalue weighted by molar-refractivity contribution is -0.134.